The van der Waals surface area contributed by atoms with E-state index in [-0.39, 0.29) is 17.3 Å². The molecule has 0 aliphatic carbocycles. The summed E-state index contributed by atoms with van der Waals surface area (Å²) in [7, 11) is 1.74. The summed E-state index contributed by atoms with van der Waals surface area (Å²) >= 11 is 0. The van der Waals surface area contributed by atoms with E-state index in [2.05, 4.69) is 39.3 Å². The molecule has 3 rings (SSSR count). The van der Waals surface area contributed by atoms with E-state index in [1.54, 1.807) is 19.2 Å². The Morgan fingerprint density at radius 2 is 1.72 bits per heavy atom. The summed E-state index contributed by atoms with van der Waals surface area (Å²) in [6, 6.07) is 6.52. The van der Waals surface area contributed by atoms with Crippen molar-refractivity contribution < 1.29 is 13.9 Å². The van der Waals surface area contributed by atoms with Gasteiger partial charge in [0.1, 0.15) is 5.82 Å². The average molecular weight is 449 g/mol. The molecule has 1 amide bonds. The van der Waals surface area contributed by atoms with Gasteiger partial charge in [0.25, 0.3) is 0 Å². The molecule has 1 aromatic rings. The molecule has 0 aromatic heterocycles. The lowest BCUT2D eigenvalue weighted by Crippen LogP contribution is -2.56. The molecule has 1 aromatic carbocycles. The number of carbonyl (C=O) groups excluding carboxylic acids is 1. The predicted molar refractivity (Wildman–Crippen MR) is 126 cm³/mol. The number of rotatable bonds is 7. The van der Waals surface area contributed by atoms with Crippen LogP contribution in [0.2, 0.25) is 0 Å². The molecular weight excluding hydrogens is 411 g/mol. The number of ether oxygens (including phenoxy) is 1. The van der Waals surface area contributed by atoms with Crippen LogP contribution in [0.15, 0.2) is 29.3 Å². The van der Waals surface area contributed by atoms with Gasteiger partial charge in [-0.05, 0) is 38.1 Å². The van der Waals surface area contributed by atoms with Crippen LogP contribution in [0.4, 0.5) is 10.1 Å². The number of benzene rings is 1. The highest BCUT2D eigenvalue weighted by Crippen LogP contribution is 2.17. The molecule has 9 heteroatoms. The normalized spacial score (nSPS) is 18.6. The van der Waals surface area contributed by atoms with E-state index in [9.17, 15) is 9.18 Å². The number of anilines is 1. The van der Waals surface area contributed by atoms with Crippen molar-refractivity contribution in [2.75, 3.05) is 77.5 Å². The third-order valence-corrected chi connectivity index (χ3v) is 6.23. The van der Waals surface area contributed by atoms with Crippen molar-refractivity contribution in [1.82, 2.24) is 20.4 Å². The molecule has 0 spiro atoms. The number of halogens is 1. The van der Waals surface area contributed by atoms with E-state index in [1.165, 1.54) is 12.1 Å². The number of amides is 1. The van der Waals surface area contributed by atoms with Gasteiger partial charge in [-0.25, -0.2) is 4.39 Å². The van der Waals surface area contributed by atoms with Crippen LogP contribution in [0.5, 0.6) is 0 Å². The van der Waals surface area contributed by atoms with Gasteiger partial charge in [-0.3, -0.25) is 14.7 Å². The topological polar surface area (TPSA) is 72.4 Å². The van der Waals surface area contributed by atoms with Crippen molar-refractivity contribution >= 4 is 17.6 Å². The van der Waals surface area contributed by atoms with Crippen LogP contribution < -0.4 is 15.5 Å². The number of morpholine rings is 1. The van der Waals surface area contributed by atoms with Crippen LogP contribution in [0.1, 0.15) is 20.3 Å². The van der Waals surface area contributed by atoms with Crippen molar-refractivity contribution in [3.05, 3.63) is 30.1 Å². The second kappa shape index (κ2) is 11.5. The summed E-state index contributed by atoms with van der Waals surface area (Å²) in [5.74, 6) is 0.616. The molecule has 0 radical (unpaired) electrons. The Balaban J connectivity index is 1.36. The van der Waals surface area contributed by atoms with Gasteiger partial charge in [0.2, 0.25) is 5.91 Å². The third-order valence-electron chi connectivity index (χ3n) is 6.23. The van der Waals surface area contributed by atoms with E-state index in [0.29, 0.717) is 32.0 Å². The minimum atomic E-state index is -0.232. The first-order valence-electron chi connectivity index (χ1n) is 11.4. The molecule has 2 aliphatic rings. The first-order chi connectivity index (χ1) is 15.4. The van der Waals surface area contributed by atoms with Crippen LogP contribution in [-0.4, -0.2) is 99.8 Å². The summed E-state index contributed by atoms with van der Waals surface area (Å²) in [5.41, 5.74) is 0.983. The molecule has 0 bridgehead atoms. The third kappa shape index (κ3) is 6.80. The molecule has 178 valence electrons. The van der Waals surface area contributed by atoms with Crippen LogP contribution in [0.3, 0.4) is 0 Å². The molecule has 2 N–H and O–H groups in total. The lowest BCUT2D eigenvalue weighted by molar-refractivity contribution is -0.131. The van der Waals surface area contributed by atoms with Gasteiger partial charge in [-0.2, -0.15) is 0 Å². The maximum absolute atomic E-state index is 13.1. The Morgan fingerprint density at radius 3 is 2.34 bits per heavy atom. The van der Waals surface area contributed by atoms with Gasteiger partial charge in [0.05, 0.1) is 13.2 Å². The molecule has 32 heavy (non-hydrogen) atoms. The van der Waals surface area contributed by atoms with E-state index in [1.807, 2.05) is 4.90 Å². The van der Waals surface area contributed by atoms with Crippen molar-refractivity contribution in [2.45, 2.75) is 25.8 Å². The summed E-state index contributed by atoms with van der Waals surface area (Å²) < 4.78 is 18.6. The van der Waals surface area contributed by atoms with E-state index in [0.717, 1.165) is 51.6 Å². The van der Waals surface area contributed by atoms with Crippen molar-refractivity contribution in [3.63, 3.8) is 0 Å². The minimum absolute atomic E-state index is 0.0125. The second-order valence-electron chi connectivity index (χ2n) is 8.86. The minimum Gasteiger partial charge on any atom is -0.379 e. The Kier molecular flexibility index (Phi) is 8.69. The molecule has 2 fully saturated rings. The zero-order valence-corrected chi connectivity index (χ0v) is 19.6. The van der Waals surface area contributed by atoms with Crippen LogP contribution >= 0.6 is 0 Å². The fourth-order valence-corrected chi connectivity index (χ4v) is 4.11. The van der Waals surface area contributed by atoms with Crippen LogP contribution in [0.25, 0.3) is 0 Å². The Morgan fingerprint density at radius 1 is 1.06 bits per heavy atom. The van der Waals surface area contributed by atoms with Gasteiger partial charge in [-0.15, -0.1) is 0 Å². The zero-order valence-electron chi connectivity index (χ0n) is 19.6. The van der Waals surface area contributed by atoms with E-state index >= 15 is 0 Å². The fourth-order valence-electron chi connectivity index (χ4n) is 4.11. The quantitative estimate of drug-likeness (QED) is 0.482. The second-order valence-corrected chi connectivity index (χ2v) is 8.86. The summed E-state index contributed by atoms with van der Waals surface area (Å²) in [4.78, 5) is 23.4. The van der Waals surface area contributed by atoms with E-state index in [4.69, 9.17) is 4.74 Å². The maximum atomic E-state index is 13.1. The lowest BCUT2D eigenvalue weighted by atomic mass is 10.0. The summed E-state index contributed by atoms with van der Waals surface area (Å²) in [5, 5.41) is 6.64. The Hall–Kier alpha value is -2.39. The molecule has 0 unspecified atom stereocenters. The highest BCUT2D eigenvalue weighted by Gasteiger charge is 2.28. The van der Waals surface area contributed by atoms with Gasteiger partial charge in [0, 0.05) is 77.1 Å². The average Bonchev–Trinajstić information content (AvgIpc) is 2.82. The van der Waals surface area contributed by atoms with Gasteiger partial charge in [-0.1, -0.05) is 0 Å². The number of nitrogens with one attached hydrogen (secondary N) is 2. The number of guanidine groups is 1. The standard InChI is InChI=1S/C23H37FN6O2/c1-23(2,30-14-16-32-17-15-30)18-27-22(25-3)26-9-8-21(31)29-12-10-28(11-13-29)20-6-4-19(24)5-7-20/h4-7H,8-18H2,1-3H3,(H2,25,26,27). The Labute approximate surface area is 190 Å². The van der Waals surface area contributed by atoms with Crippen LogP contribution in [0, 0.1) is 5.82 Å². The van der Waals surface area contributed by atoms with Crippen LogP contribution in [-0.2, 0) is 9.53 Å². The number of nitrogens with zero attached hydrogens (tertiary/aromatic N) is 4. The predicted octanol–water partition coefficient (Wildman–Crippen LogP) is 1.14. The van der Waals surface area contributed by atoms with Crippen molar-refractivity contribution in [3.8, 4) is 0 Å². The SMILES string of the molecule is CN=C(NCCC(=O)N1CCN(c2ccc(F)cc2)CC1)NCC(C)(C)N1CCOCC1. The van der Waals surface area contributed by atoms with Gasteiger partial charge in [0.15, 0.2) is 5.96 Å². The van der Waals surface area contributed by atoms with Gasteiger partial charge < -0.3 is 25.2 Å². The number of hydrogen-bond acceptors (Lipinski definition) is 5. The molecule has 2 heterocycles. The molecule has 8 nitrogen and oxygen atoms in total. The lowest BCUT2D eigenvalue weighted by Gasteiger charge is -2.41. The molecule has 0 saturated carbocycles. The summed E-state index contributed by atoms with van der Waals surface area (Å²) in [6.45, 7) is 12.0. The first-order valence-corrected chi connectivity index (χ1v) is 11.4. The smallest absolute Gasteiger partial charge is 0.224 e. The number of aliphatic imine (C=N–C) groups is 1. The highest BCUT2D eigenvalue weighted by molar-refractivity contribution is 5.81. The maximum Gasteiger partial charge on any atom is 0.224 e. The number of carbonyl (C=O) groups is 1. The van der Waals surface area contributed by atoms with Crippen molar-refractivity contribution in [1.29, 1.82) is 0 Å². The molecule has 0 atom stereocenters. The largest absolute Gasteiger partial charge is 0.379 e. The first kappa shape index (κ1) is 24.3. The van der Waals surface area contributed by atoms with Gasteiger partial charge >= 0.3 is 0 Å². The molecule has 2 aliphatic heterocycles. The zero-order chi connectivity index (χ0) is 23.0. The number of piperazine rings is 1. The molecular formula is C23H37FN6O2. The van der Waals surface area contributed by atoms with E-state index < -0.39 is 0 Å². The monoisotopic (exact) mass is 448 g/mol. The highest BCUT2D eigenvalue weighted by atomic mass is 19.1. The van der Waals surface area contributed by atoms with Crippen molar-refractivity contribution in [2.24, 2.45) is 4.99 Å². The Bertz CT molecular complexity index is 756. The molecule has 2 saturated heterocycles. The fraction of sp³-hybridized carbons (Fsp3) is 0.652. The number of hydrogen-bond donors (Lipinski definition) is 2. The summed E-state index contributed by atoms with van der Waals surface area (Å²) in [6.07, 6.45) is 0.421.